The lowest BCUT2D eigenvalue weighted by Gasteiger charge is -2.13. The van der Waals surface area contributed by atoms with Crippen LogP contribution in [0.15, 0.2) is 91.0 Å². The lowest BCUT2D eigenvalue weighted by molar-refractivity contribution is 0.394. The van der Waals surface area contributed by atoms with Crippen LogP contribution in [0.3, 0.4) is 0 Å². The van der Waals surface area contributed by atoms with Crippen LogP contribution in [0, 0.1) is 0 Å². The molecule has 4 aromatic carbocycles. The smallest absolute Gasteiger partial charge is 0.0205 e. The molecule has 9 heteroatoms. The van der Waals surface area contributed by atoms with Gasteiger partial charge in [0, 0.05) is 19.6 Å². The number of nitrogens with one attached hydrogen (secondary N) is 6. The van der Waals surface area contributed by atoms with Crippen LogP contribution in [-0.2, 0) is 19.6 Å². The third-order valence-electron chi connectivity index (χ3n) is 10.8. The number of hydrogen-bond acceptors (Lipinski definition) is 9. The Morgan fingerprint density at radius 2 is 0.517 bits per heavy atom. The van der Waals surface area contributed by atoms with Gasteiger partial charge in [0.1, 0.15) is 0 Å². The summed E-state index contributed by atoms with van der Waals surface area (Å²) in [5.74, 6) is 0. The van der Waals surface area contributed by atoms with Gasteiger partial charge in [-0.1, -0.05) is 72.8 Å². The van der Waals surface area contributed by atoms with Gasteiger partial charge in [-0.15, -0.1) is 0 Å². The van der Waals surface area contributed by atoms with Crippen molar-refractivity contribution in [3.05, 3.63) is 108 Å². The van der Waals surface area contributed by atoms with Crippen molar-refractivity contribution in [3.8, 4) is 33.4 Å². The summed E-state index contributed by atoms with van der Waals surface area (Å²) in [4.78, 5) is 6.72. The summed E-state index contributed by atoms with van der Waals surface area (Å²) in [7, 11) is 12.8. The van der Waals surface area contributed by atoms with Crippen LogP contribution in [0.25, 0.3) is 33.4 Å². The molecule has 6 N–H and O–H groups in total. The summed E-state index contributed by atoms with van der Waals surface area (Å²) in [6.07, 6.45) is 6.98. The topological polar surface area (TPSA) is 81.9 Å². The van der Waals surface area contributed by atoms with E-state index < -0.39 is 0 Å². The summed E-state index contributed by atoms with van der Waals surface area (Å²) in [6, 6.07) is 34.5. The number of nitrogens with zero attached hydrogens (tertiary/aromatic N) is 3. The predicted octanol–water partition coefficient (Wildman–Crippen LogP) is 6.75. The summed E-state index contributed by atoms with van der Waals surface area (Å²) in [5.41, 5.74) is 11.4. The first kappa shape index (κ1) is 49.2. The first-order valence-corrected chi connectivity index (χ1v) is 22.9. The molecule has 60 heavy (non-hydrogen) atoms. The van der Waals surface area contributed by atoms with Crippen molar-refractivity contribution >= 4 is 0 Å². The molecule has 0 unspecified atom stereocenters. The van der Waals surface area contributed by atoms with Gasteiger partial charge in [0.25, 0.3) is 0 Å². The molecule has 0 saturated heterocycles. The normalized spacial score (nSPS) is 11.8. The van der Waals surface area contributed by atoms with E-state index in [-0.39, 0.29) is 0 Å². The van der Waals surface area contributed by atoms with Crippen molar-refractivity contribution in [1.82, 2.24) is 46.6 Å². The van der Waals surface area contributed by atoms with Gasteiger partial charge in [0.15, 0.2) is 0 Å². The Morgan fingerprint density at radius 3 is 0.767 bits per heavy atom. The highest BCUT2D eigenvalue weighted by atomic mass is 15.1. The molecule has 4 aromatic rings. The quantitative estimate of drug-likeness (QED) is 0.0293. The molecule has 0 radical (unpaired) electrons. The van der Waals surface area contributed by atoms with Crippen LogP contribution in [0.1, 0.15) is 55.2 Å². The first-order chi connectivity index (χ1) is 29.3. The molecular formula is C51H81N9. The zero-order valence-corrected chi connectivity index (χ0v) is 38.4. The van der Waals surface area contributed by atoms with Gasteiger partial charge in [0.05, 0.1) is 0 Å². The van der Waals surface area contributed by atoms with E-state index in [1.54, 1.807) is 0 Å². The van der Waals surface area contributed by atoms with Crippen molar-refractivity contribution in [2.45, 2.75) is 58.2 Å². The minimum Gasteiger partial charge on any atom is -0.317 e. The Balaban J connectivity index is 1.35. The molecule has 0 aliphatic heterocycles. The van der Waals surface area contributed by atoms with E-state index in [4.69, 9.17) is 0 Å². The number of rotatable bonds is 33. The van der Waals surface area contributed by atoms with Gasteiger partial charge in [-0.25, -0.2) is 0 Å². The molecule has 330 valence electrons. The largest absolute Gasteiger partial charge is 0.317 e. The SMILES string of the molecule is CN(C)CCCNCCCNCc1ccc(-c2cc(-c3ccc(CNCCCNCCCN(C)C)cc3)cc(-c3ccc(CNCCCNCCCN(C)C)cc3)c2)cc1. The maximum Gasteiger partial charge on any atom is 0.0205 e. The molecule has 0 atom stereocenters. The van der Waals surface area contributed by atoms with E-state index >= 15 is 0 Å². The highest BCUT2D eigenvalue weighted by Crippen LogP contribution is 2.33. The zero-order valence-electron chi connectivity index (χ0n) is 38.4. The van der Waals surface area contributed by atoms with E-state index in [0.717, 1.165) is 117 Å². The molecule has 0 heterocycles. The monoisotopic (exact) mass is 820 g/mol. The van der Waals surface area contributed by atoms with E-state index in [2.05, 4.69) is 180 Å². The van der Waals surface area contributed by atoms with Crippen LogP contribution in [0.4, 0.5) is 0 Å². The minimum absolute atomic E-state index is 0.885. The molecule has 9 nitrogen and oxygen atoms in total. The van der Waals surface area contributed by atoms with Crippen LogP contribution in [0.5, 0.6) is 0 Å². The maximum atomic E-state index is 3.64. The Morgan fingerprint density at radius 1 is 0.283 bits per heavy atom. The van der Waals surface area contributed by atoms with Crippen molar-refractivity contribution in [1.29, 1.82) is 0 Å². The fourth-order valence-electron chi connectivity index (χ4n) is 7.22. The van der Waals surface area contributed by atoms with Crippen molar-refractivity contribution < 1.29 is 0 Å². The standard InChI is InChI=1S/C51H81N9/c1-58(2)34-10-31-52-25-7-28-55-40-43-13-19-46(20-14-43)49-37-50(47-21-15-44(16-22-47)41-56-29-8-26-53-32-11-35-59(3)4)39-51(38-49)48-23-17-45(18-24-48)42-57-30-9-27-54-33-12-36-60(5)6/h13-24,37-39,52-57H,7-12,25-36,40-42H2,1-6H3. The summed E-state index contributed by atoms with van der Waals surface area (Å²) in [5, 5.41) is 21.6. The maximum absolute atomic E-state index is 3.64. The molecular weight excluding hydrogens is 739 g/mol. The molecule has 0 aliphatic rings. The van der Waals surface area contributed by atoms with E-state index in [1.165, 1.54) is 69.3 Å². The first-order valence-electron chi connectivity index (χ1n) is 22.9. The molecule has 0 aromatic heterocycles. The fourth-order valence-corrected chi connectivity index (χ4v) is 7.22. The van der Waals surface area contributed by atoms with Crippen LogP contribution < -0.4 is 31.9 Å². The third-order valence-corrected chi connectivity index (χ3v) is 10.8. The van der Waals surface area contributed by atoms with Crippen LogP contribution >= 0.6 is 0 Å². The van der Waals surface area contributed by atoms with Gasteiger partial charge in [-0.05, 0) is 228 Å². The average molecular weight is 820 g/mol. The van der Waals surface area contributed by atoms with Gasteiger partial charge in [-0.3, -0.25) is 0 Å². The van der Waals surface area contributed by atoms with Crippen LogP contribution in [0.2, 0.25) is 0 Å². The van der Waals surface area contributed by atoms with Crippen molar-refractivity contribution in [2.24, 2.45) is 0 Å². The zero-order chi connectivity index (χ0) is 42.6. The van der Waals surface area contributed by atoms with E-state index in [9.17, 15) is 0 Å². The second-order valence-electron chi connectivity index (χ2n) is 17.2. The predicted molar refractivity (Wildman–Crippen MR) is 260 cm³/mol. The van der Waals surface area contributed by atoms with Crippen LogP contribution in [-0.4, -0.2) is 136 Å². The highest BCUT2D eigenvalue weighted by molar-refractivity contribution is 5.81. The summed E-state index contributed by atoms with van der Waals surface area (Å²) >= 11 is 0. The molecule has 0 bridgehead atoms. The summed E-state index contributed by atoms with van der Waals surface area (Å²) in [6.45, 7) is 15.5. The van der Waals surface area contributed by atoms with E-state index in [1.807, 2.05) is 0 Å². The fraction of sp³-hybridized carbons (Fsp3) is 0.529. The van der Waals surface area contributed by atoms with Gasteiger partial charge < -0.3 is 46.6 Å². The molecule has 0 aliphatic carbocycles. The average Bonchev–Trinajstić information content (AvgIpc) is 3.25. The van der Waals surface area contributed by atoms with Gasteiger partial charge in [-0.2, -0.15) is 0 Å². The Kier molecular flexibility index (Phi) is 24.4. The molecule has 0 amide bonds. The molecule has 0 spiro atoms. The number of benzene rings is 4. The Bertz CT molecular complexity index is 1460. The molecule has 4 rings (SSSR count). The van der Waals surface area contributed by atoms with Crippen molar-refractivity contribution in [2.75, 3.05) is 121 Å². The minimum atomic E-state index is 0.885. The number of hydrogen-bond donors (Lipinski definition) is 6. The highest BCUT2D eigenvalue weighted by Gasteiger charge is 2.09. The van der Waals surface area contributed by atoms with E-state index in [0.29, 0.717) is 0 Å². The second kappa shape index (κ2) is 29.7. The Hall–Kier alpha value is -3.48. The van der Waals surface area contributed by atoms with Gasteiger partial charge >= 0.3 is 0 Å². The third kappa shape index (κ3) is 20.9. The summed E-state index contributed by atoms with van der Waals surface area (Å²) < 4.78 is 0. The van der Waals surface area contributed by atoms with Crippen molar-refractivity contribution in [3.63, 3.8) is 0 Å². The Labute approximate surface area is 365 Å². The lowest BCUT2D eigenvalue weighted by Crippen LogP contribution is -2.24. The second-order valence-corrected chi connectivity index (χ2v) is 17.2. The molecule has 0 fully saturated rings. The lowest BCUT2D eigenvalue weighted by atomic mass is 9.92. The van der Waals surface area contributed by atoms with Gasteiger partial charge in [0.2, 0.25) is 0 Å². The molecule has 0 saturated carbocycles.